The van der Waals surface area contributed by atoms with Crippen LogP contribution in [-0.2, 0) is 11.3 Å². The molecule has 5 heteroatoms. The minimum atomic E-state index is 0.127. The normalized spacial score (nSPS) is 16.9. The van der Waals surface area contributed by atoms with Crippen molar-refractivity contribution in [2.24, 2.45) is 0 Å². The van der Waals surface area contributed by atoms with Gasteiger partial charge in [-0.2, -0.15) is 5.10 Å². The van der Waals surface area contributed by atoms with E-state index in [-0.39, 0.29) is 12.5 Å². The highest BCUT2D eigenvalue weighted by atomic mass is 16.2. The van der Waals surface area contributed by atoms with E-state index in [2.05, 4.69) is 5.10 Å². The van der Waals surface area contributed by atoms with Gasteiger partial charge in [0.2, 0.25) is 5.91 Å². The number of amides is 1. The zero-order valence-electron chi connectivity index (χ0n) is 12.9. The Bertz CT molecular complexity index is 472. The molecule has 1 aromatic rings. The third kappa shape index (κ3) is 3.14. The Morgan fingerprint density at radius 3 is 2.40 bits per heavy atom. The van der Waals surface area contributed by atoms with Crippen molar-refractivity contribution in [2.45, 2.75) is 65.0 Å². The summed E-state index contributed by atoms with van der Waals surface area (Å²) in [5.74, 6) is 0.127. The summed E-state index contributed by atoms with van der Waals surface area (Å²) in [4.78, 5) is 14.3. The number of nitrogen functional groups attached to an aromatic ring is 1. The first kappa shape index (κ1) is 14.9. The Morgan fingerprint density at radius 1 is 1.30 bits per heavy atom. The van der Waals surface area contributed by atoms with Gasteiger partial charge < -0.3 is 10.6 Å². The molecule has 0 aromatic carbocycles. The fourth-order valence-corrected chi connectivity index (χ4v) is 2.95. The maximum Gasteiger partial charge on any atom is 0.244 e. The smallest absolute Gasteiger partial charge is 0.244 e. The first-order valence-corrected chi connectivity index (χ1v) is 7.56. The van der Waals surface area contributed by atoms with Crippen molar-refractivity contribution in [1.82, 2.24) is 14.7 Å². The molecule has 20 heavy (non-hydrogen) atoms. The van der Waals surface area contributed by atoms with Crippen LogP contribution in [0.1, 0.15) is 49.9 Å². The van der Waals surface area contributed by atoms with Gasteiger partial charge in [0.1, 0.15) is 6.54 Å². The maximum absolute atomic E-state index is 12.4. The number of likely N-dealkylation sites (N-methyl/N-ethyl adjacent to an activating group) is 1. The molecule has 1 fully saturated rings. The number of aryl methyl sites for hydroxylation is 1. The summed E-state index contributed by atoms with van der Waals surface area (Å²) in [6.45, 7) is 4.07. The molecule has 0 atom stereocenters. The lowest BCUT2D eigenvalue weighted by atomic mass is 10.1. The van der Waals surface area contributed by atoms with Crippen molar-refractivity contribution < 1.29 is 4.79 Å². The minimum Gasteiger partial charge on any atom is -0.396 e. The minimum absolute atomic E-state index is 0.127. The van der Waals surface area contributed by atoms with Gasteiger partial charge in [-0.05, 0) is 26.7 Å². The van der Waals surface area contributed by atoms with Gasteiger partial charge >= 0.3 is 0 Å². The SMILES string of the molecule is Cc1nn(CC(=O)N(C)C2CCCCCC2)c(C)c1N. The molecule has 0 bridgehead atoms. The lowest BCUT2D eigenvalue weighted by Crippen LogP contribution is -2.39. The molecule has 0 saturated heterocycles. The van der Waals surface area contributed by atoms with Crippen molar-refractivity contribution in [3.05, 3.63) is 11.4 Å². The van der Waals surface area contributed by atoms with E-state index in [1.54, 1.807) is 4.68 Å². The molecule has 1 aliphatic rings. The topological polar surface area (TPSA) is 64.2 Å². The second-order valence-electron chi connectivity index (χ2n) is 5.89. The van der Waals surface area contributed by atoms with E-state index >= 15 is 0 Å². The molecular formula is C15H26N4O. The Morgan fingerprint density at radius 2 is 1.90 bits per heavy atom. The molecule has 1 heterocycles. The fraction of sp³-hybridized carbons (Fsp3) is 0.733. The predicted octanol–water partition coefficient (Wildman–Crippen LogP) is 2.26. The van der Waals surface area contributed by atoms with Crippen molar-refractivity contribution in [2.75, 3.05) is 12.8 Å². The van der Waals surface area contributed by atoms with Crippen LogP contribution in [0.2, 0.25) is 0 Å². The van der Waals surface area contributed by atoms with E-state index < -0.39 is 0 Å². The standard InChI is InChI=1S/C15H26N4O/c1-11-15(16)12(2)19(17-11)10-14(20)18(3)13-8-6-4-5-7-9-13/h13H,4-10,16H2,1-3H3. The van der Waals surface area contributed by atoms with Crippen LogP contribution in [0.15, 0.2) is 0 Å². The van der Waals surface area contributed by atoms with Crippen molar-refractivity contribution >= 4 is 11.6 Å². The molecule has 112 valence electrons. The molecule has 0 unspecified atom stereocenters. The monoisotopic (exact) mass is 278 g/mol. The van der Waals surface area contributed by atoms with Gasteiger partial charge in [0.05, 0.1) is 17.1 Å². The Kier molecular flexibility index (Phi) is 4.68. The number of nitrogens with zero attached hydrogens (tertiary/aromatic N) is 3. The number of anilines is 1. The maximum atomic E-state index is 12.4. The highest BCUT2D eigenvalue weighted by Gasteiger charge is 2.22. The van der Waals surface area contributed by atoms with Gasteiger partial charge in [0, 0.05) is 13.1 Å². The third-order valence-corrected chi connectivity index (χ3v) is 4.49. The second kappa shape index (κ2) is 6.29. The van der Waals surface area contributed by atoms with Crippen molar-refractivity contribution in [3.63, 3.8) is 0 Å². The zero-order chi connectivity index (χ0) is 14.7. The van der Waals surface area contributed by atoms with Gasteiger partial charge in [-0.3, -0.25) is 9.48 Å². The van der Waals surface area contributed by atoms with Gasteiger partial charge in [-0.15, -0.1) is 0 Å². The zero-order valence-corrected chi connectivity index (χ0v) is 12.9. The highest BCUT2D eigenvalue weighted by molar-refractivity contribution is 5.76. The van der Waals surface area contributed by atoms with Crippen LogP contribution in [0, 0.1) is 13.8 Å². The molecule has 2 N–H and O–H groups in total. The number of hydrogen-bond acceptors (Lipinski definition) is 3. The lowest BCUT2D eigenvalue weighted by Gasteiger charge is -2.27. The molecule has 1 aromatic heterocycles. The number of hydrogen-bond donors (Lipinski definition) is 1. The Hall–Kier alpha value is -1.52. The van der Waals surface area contributed by atoms with Gasteiger partial charge in [0.25, 0.3) is 0 Å². The van der Waals surface area contributed by atoms with Crippen LogP contribution in [0.5, 0.6) is 0 Å². The largest absolute Gasteiger partial charge is 0.396 e. The van der Waals surface area contributed by atoms with Crippen LogP contribution < -0.4 is 5.73 Å². The van der Waals surface area contributed by atoms with E-state index in [1.165, 1.54) is 25.7 Å². The van der Waals surface area contributed by atoms with Gasteiger partial charge in [-0.1, -0.05) is 25.7 Å². The van der Waals surface area contributed by atoms with Gasteiger partial charge in [-0.25, -0.2) is 0 Å². The first-order valence-electron chi connectivity index (χ1n) is 7.56. The first-order chi connectivity index (χ1) is 9.50. The van der Waals surface area contributed by atoms with E-state index in [0.29, 0.717) is 11.7 Å². The lowest BCUT2D eigenvalue weighted by molar-refractivity contribution is -0.133. The van der Waals surface area contributed by atoms with Crippen LogP contribution in [0.3, 0.4) is 0 Å². The molecule has 1 amide bonds. The summed E-state index contributed by atoms with van der Waals surface area (Å²) in [7, 11) is 1.92. The van der Waals surface area contributed by atoms with E-state index in [0.717, 1.165) is 24.2 Å². The van der Waals surface area contributed by atoms with Crippen LogP contribution in [0.4, 0.5) is 5.69 Å². The van der Waals surface area contributed by atoms with Gasteiger partial charge in [0.15, 0.2) is 0 Å². The number of rotatable bonds is 3. The van der Waals surface area contributed by atoms with Crippen LogP contribution in [0.25, 0.3) is 0 Å². The summed E-state index contributed by atoms with van der Waals surface area (Å²) in [6, 6.07) is 0.388. The molecule has 0 aliphatic heterocycles. The average molecular weight is 278 g/mol. The third-order valence-electron chi connectivity index (χ3n) is 4.49. The predicted molar refractivity (Wildman–Crippen MR) is 80.4 cm³/mol. The average Bonchev–Trinajstić information content (AvgIpc) is 2.69. The van der Waals surface area contributed by atoms with Crippen LogP contribution in [-0.4, -0.2) is 33.7 Å². The Labute approximate surface area is 121 Å². The van der Waals surface area contributed by atoms with Crippen molar-refractivity contribution in [3.8, 4) is 0 Å². The number of carbonyl (C=O) groups excluding carboxylic acids is 1. The highest BCUT2D eigenvalue weighted by Crippen LogP contribution is 2.21. The molecule has 0 radical (unpaired) electrons. The quantitative estimate of drug-likeness (QED) is 0.863. The van der Waals surface area contributed by atoms with Crippen LogP contribution >= 0.6 is 0 Å². The summed E-state index contributed by atoms with van der Waals surface area (Å²) in [5, 5.41) is 4.34. The number of aromatic nitrogens is 2. The second-order valence-corrected chi connectivity index (χ2v) is 5.89. The number of nitrogens with two attached hydrogens (primary N) is 1. The molecule has 0 spiro atoms. The van der Waals surface area contributed by atoms with E-state index in [9.17, 15) is 4.79 Å². The molecule has 2 rings (SSSR count). The number of carbonyl (C=O) groups is 1. The Balaban J connectivity index is 2.01. The molecule has 1 aliphatic carbocycles. The summed E-state index contributed by atoms with van der Waals surface area (Å²) in [5.41, 5.74) is 8.28. The van der Waals surface area contributed by atoms with E-state index in [1.807, 2.05) is 25.8 Å². The molecule has 5 nitrogen and oxygen atoms in total. The summed E-state index contributed by atoms with van der Waals surface area (Å²) >= 11 is 0. The van der Waals surface area contributed by atoms with E-state index in [4.69, 9.17) is 5.73 Å². The summed E-state index contributed by atoms with van der Waals surface area (Å²) in [6.07, 6.45) is 7.31. The fourth-order valence-electron chi connectivity index (χ4n) is 2.95. The molecular weight excluding hydrogens is 252 g/mol. The van der Waals surface area contributed by atoms with Crippen molar-refractivity contribution in [1.29, 1.82) is 0 Å². The molecule has 1 saturated carbocycles. The summed E-state index contributed by atoms with van der Waals surface area (Å²) < 4.78 is 1.72.